The van der Waals surface area contributed by atoms with Crippen LogP contribution < -0.4 is 0 Å². The van der Waals surface area contributed by atoms with Crippen LogP contribution in [0.3, 0.4) is 0 Å². The van der Waals surface area contributed by atoms with Crippen molar-refractivity contribution in [2.75, 3.05) is 6.61 Å². The van der Waals surface area contributed by atoms with Crippen LogP contribution in [0.5, 0.6) is 0 Å². The summed E-state index contributed by atoms with van der Waals surface area (Å²) in [4.78, 5) is 10.1. The van der Waals surface area contributed by atoms with Gasteiger partial charge in [-0.05, 0) is 0 Å². The van der Waals surface area contributed by atoms with Gasteiger partial charge in [0.25, 0.3) is 0 Å². The van der Waals surface area contributed by atoms with Gasteiger partial charge in [-0.25, -0.2) is 0 Å². The van der Waals surface area contributed by atoms with Crippen molar-refractivity contribution >= 4 is 17.6 Å². The second kappa shape index (κ2) is 6.95. The van der Waals surface area contributed by atoms with Crippen LogP contribution in [0.2, 0.25) is 0 Å². The SMILES string of the molecule is O=C[C@H](O)[C@@H](O)[C@@H](OS(=O)O)[C@H](O)CO. The molecule has 0 aliphatic rings. The van der Waals surface area contributed by atoms with Gasteiger partial charge in [0.1, 0.15) is 24.4 Å². The van der Waals surface area contributed by atoms with E-state index >= 15 is 0 Å². The molecule has 5 N–H and O–H groups in total. The van der Waals surface area contributed by atoms with Crippen LogP contribution in [0.15, 0.2) is 0 Å². The summed E-state index contributed by atoms with van der Waals surface area (Å²) in [7, 11) is 0. The highest BCUT2D eigenvalue weighted by atomic mass is 32.2. The van der Waals surface area contributed by atoms with Crippen molar-refractivity contribution in [1.82, 2.24) is 0 Å². The third-order valence-electron chi connectivity index (χ3n) is 1.59. The first-order valence-corrected chi connectivity index (χ1v) is 4.85. The second-order valence-corrected chi connectivity index (χ2v) is 3.27. The summed E-state index contributed by atoms with van der Waals surface area (Å²) in [5.41, 5.74) is 0. The first-order valence-electron chi connectivity index (χ1n) is 3.82. The minimum absolute atomic E-state index is 0.0363. The molecule has 0 radical (unpaired) electrons. The number of aldehydes is 1. The maximum atomic E-state index is 10.3. The van der Waals surface area contributed by atoms with Gasteiger partial charge in [0.15, 0.2) is 6.29 Å². The molecule has 0 heterocycles. The Labute approximate surface area is 87.6 Å². The van der Waals surface area contributed by atoms with Gasteiger partial charge in [0.05, 0.1) is 6.61 Å². The van der Waals surface area contributed by atoms with Crippen molar-refractivity contribution < 1.29 is 38.2 Å². The Morgan fingerprint density at radius 1 is 1.33 bits per heavy atom. The Morgan fingerprint density at radius 3 is 2.20 bits per heavy atom. The van der Waals surface area contributed by atoms with Crippen molar-refractivity contribution in [1.29, 1.82) is 0 Å². The zero-order chi connectivity index (χ0) is 12.0. The van der Waals surface area contributed by atoms with Crippen LogP contribution in [0.25, 0.3) is 0 Å². The van der Waals surface area contributed by atoms with Gasteiger partial charge in [-0.1, -0.05) is 0 Å². The number of carbonyl (C=O) groups excluding carboxylic acids is 1. The highest BCUT2D eigenvalue weighted by Gasteiger charge is 2.34. The molecule has 0 fully saturated rings. The predicted octanol–water partition coefficient (Wildman–Crippen LogP) is -3.22. The van der Waals surface area contributed by atoms with Crippen molar-refractivity contribution in [2.45, 2.75) is 24.4 Å². The number of hydrogen-bond acceptors (Lipinski definition) is 7. The summed E-state index contributed by atoms with van der Waals surface area (Å²) >= 11 is -2.82. The molecule has 0 rings (SSSR count). The number of carbonyl (C=O) groups is 1. The van der Waals surface area contributed by atoms with Gasteiger partial charge in [0, 0.05) is 0 Å². The van der Waals surface area contributed by atoms with Crippen molar-refractivity contribution in [3.63, 3.8) is 0 Å². The summed E-state index contributed by atoms with van der Waals surface area (Å²) in [6, 6.07) is 0. The molecule has 1 unspecified atom stereocenters. The molecule has 5 atom stereocenters. The maximum absolute atomic E-state index is 10.3. The van der Waals surface area contributed by atoms with Crippen LogP contribution in [0, 0.1) is 0 Å². The zero-order valence-corrected chi connectivity index (χ0v) is 8.28. The fourth-order valence-corrected chi connectivity index (χ4v) is 1.25. The Hall–Kier alpha value is -0.420. The van der Waals surface area contributed by atoms with E-state index in [9.17, 15) is 14.1 Å². The molecule has 15 heavy (non-hydrogen) atoms. The molecule has 8 nitrogen and oxygen atoms in total. The molecule has 0 bridgehead atoms. The van der Waals surface area contributed by atoms with Crippen LogP contribution in [0.4, 0.5) is 0 Å². The lowest BCUT2D eigenvalue weighted by Crippen LogP contribution is -2.48. The lowest BCUT2D eigenvalue weighted by molar-refractivity contribution is -0.132. The molecule has 0 aromatic heterocycles. The third-order valence-corrected chi connectivity index (χ3v) is 1.97. The van der Waals surface area contributed by atoms with Crippen molar-refractivity contribution in [3.8, 4) is 0 Å². The molecular weight excluding hydrogens is 232 g/mol. The summed E-state index contributed by atoms with van der Waals surface area (Å²) in [6.45, 7) is -0.871. The third kappa shape index (κ3) is 4.75. The Morgan fingerprint density at radius 2 is 1.87 bits per heavy atom. The normalized spacial score (nSPS) is 21.4. The summed E-state index contributed by atoms with van der Waals surface area (Å²) < 4.78 is 22.7. The molecule has 0 aromatic carbocycles. The van der Waals surface area contributed by atoms with E-state index in [1.807, 2.05) is 0 Å². The first kappa shape index (κ1) is 14.6. The molecular formula is C6H12O8S. The monoisotopic (exact) mass is 244 g/mol. The number of hydrogen-bond donors (Lipinski definition) is 5. The van der Waals surface area contributed by atoms with E-state index in [4.69, 9.17) is 19.9 Å². The van der Waals surface area contributed by atoms with E-state index in [1.54, 1.807) is 0 Å². The Kier molecular flexibility index (Phi) is 6.76. The minimum Gasteiger partial charge on any atom is -0.394 e. The van der Waals surface area contributed by atoms with Crippen LogP contribution >= 0.6 is 0 Å². The molecule has 0 aliphatic heterocycles. The first-order chi connectivity index (χ1) is 6.93. The predicted molar refractivity (Wildman–Crippen MR) is 46.8 cm³/mol. The average molecular weight is 244 g/mol. The standard InChI is InChI=1S/C6H12O8S/c7-1-3(9)5(11)6(4(10)2-8)14-15(12)13/h1,3-6,8-11H,2H2,(H,12,13)/t3-,4+,5+,6-/m0/s1. The molecule has 0 aliphatic carbocycles. The second-order valence-electron chi connectivity index (χ2n) is 2.65. The minimum atomic E-state index is -2.82. The highest BCUT2D eigenvalue weighted by Crippen LogP contribution is 2.09. The van der Waals surface area contributed by atoms with E-state index in [2.05, 4.69) is 4.18 Å². The largest absolute Gasteiger partial charge is 0.394 e. The summed E-state index contributed by atoms with van der Waals surface area (Å²) in [6.07, 6.45) is -7.29. The number of aliphatic hydroxyl groups excluding tert-OH is 4. The molecule has 0 amide bonds. The number of rotatable bonds is 7. The zero-order valence-electron chi connectivity index (χ0n) is 7.46. The molecule has 0 saturated heterocycles. The van der Waals surface area contributed by atoms with Gasteiger partial charge in [0.2, 0.25) is 0 Å². The van der Waals surface area contributed by atoms with Gasteiger partial charge < -0.3 is 25.2 Å². The van der Waals surface area contributed by atoms with Gasteiger partial charge in [-0.2, -0.15) is 4.21 Å². The fourth-order valence-electron chi connectivity index (χ4n) is 0.822. The Balaban J connectivity index is 4.60. The van der Waals surface area contributed by atoms with Crippen LogP contribution in [0.1, 0.15) is 0 Å². The molecule has 90 valence electrons. The lowest BCUT2D eigenvalue weighted by Gasteiger charge is -2.25. The number of aliphatic hydroxyl groups is 4. The average Bonchev–Trinajstić information content (AvgIpc) is 2.22. The topological polar surface area (TPSA) is 145 Å². The van der Waals surface area contributed by atoms with Crippen molar-refractivity contribution in [2.24, 2.45) is 0 Å². The van der Waals surface area contributed by atoms with Crippen molar-refractivity contribution in [3.05, 3.63) is 0 Å². The van der Waals surface area contributed by atoms with Crippen LogP contribution in [-0.2, 0) is 20.3 Å². The fraction of sp³-hybridized carbons (Fsp3) is 0.833. The molecule has 9 heteroatoms. The quantitative estimate of drug-likeness (QED) is 0.232. The molecule has 0 spiro atoms. The van der Waals surface area contributed by atoms with E-state index in [0.29, 0.717) is 0 Å². The van der Waals surface area contributed by atoms with E-state index < -0.39 is 42.4 Å². The van der Waals surface area contributed by atoms with E-state index in [0.717, 1.165) is 0 Å². The van der Waals surface area contributed by atoms with Crippen LogP contribution in [-0.4, -0.2) is 66.5 Å². The maximum Gasteiger partial charge on any atom is 0.302 e. The smallest absolute Gasteiger partial charge is 0.302 e. The summed E-state index contributed by atoms with van der Waals surface area (Å²) in [5, 5.41) is 35.7. The molecule has 0 aromatic rings. The lowest BCUT2D eigenvalue weighted by atomic mass is 10.0. The van der Waals surface area contributed by atoms with Gasteiger partial charge in [-0.3, -0.25) is 8.74 Å². The van der Waals surface area contributed by atoms with E-state index in [-0.39, 0.29) is 6.29 Å². The Bertz CT molecular complexity index is 221. The van der Waals surface area contributed by atoms with Gasteiger partial charge in [-0.15, -0.1) is 0 Å². The summed E-state index contributed by atoms with van der Waals surface area (Å²) in [5.74, 6) is 0. The van der Waals surface area contributed by atoms with E-state index in [1.165, 1.54) is 0 Å². The van der Waals surface area contributed by atoms with Gasteiger partial charge >= 0.3 is 11.4 Å². The highest BCUT2D eigenvalue weighted by molar-refractivity contribution is 7.74. The molecule has 0 saturated carbocycles.